The van der Waals surface area contributed by atoms with E-state index in [4.69, 9.17) is 0 Å². The van der Waals surface area contributed by atoms with Crippen LogP contribution < -0.4 is 9.80 Å². The van der Waals surface area contributed by atoms with Crippen LogP contribution in [0, 0.1) is 5.82 Å². The van der Waals surface area contributed by atoms with E-state index >= 15 is 0 Å². The topological polar surface area (TPSA) is 58.0 Å². The highest BCUT2D eigenvalue weighted by molar-refractivity contribution is 5.89. The van der Waals surface area contributed by atoms with E-state index in [-0.39, 0.29) is 5.82 Å². The molecule has 0 atom stereocenters. The number of benzene rings is 1. The van der Waals surface area contributed by atoms with Crippen LogP contribution in [0.3, 0.4) is 0 Å². The quantitative estimate of drug-likeness (QED) is 0.720. The first-order valence-corrected chi connectivity index (χ1v) is 7.48. The Morgan fingerprint density at radius 1 is 0.913 bits per heavy atom. The lowest BCUT2D eigenvalue weighted by molar-refractivity contribution is 0.633. The molecule has 0 saturated carbocycles. The van der Waals surface area contributed by atoms with Gasteiger partial charge in [0, 0.05) is 44.0 Å². The number of anilines is 2. The lowest BCUT2D eigenvalue weighted by atomic mass is 10.2. The first-order chi connectivity index (χ1) is 11.3. The molecule has 0 aliphatic carbocycles. The molecule has 3 aromatic rings. The molecule has 0 radical (unpaired) electrons. The summed E-state index contributed by atoms with van der Waals surface area (Å²) in [4.78, 5) is 21.2. The minimum Gasteiger partial charge on any atom is -0.352 e. The highest BCUT2D eigenvalue weighted by Gasteiger charge is 2.21. The third kappa shape index (κ3) is 2.54. The molecule has 23 heavy (non-hydrogen) atoms. The lowest BCUT2D eigenvalue weighted by Gasteiger charge is -2.36. The highest BCUT2D eigenvalue weighted by Crippen LogP contribution is 2.25. The van der Waals surface area contributed by atoms with Gasteiger partial charge in [-0.2, -0.15) is 0 Å². The molecule has 0 unspecified atom stereocenters. The number of para-hydroxylation sites is 1. The van der Waals surface area contributed by atoms with Crippen molar-refractivity contribution in [2.24, 2.45) is 0 Å². The van der Waals surface area contributed by atoms with Gasteiger partial charge in [0.25, 0.3) is 0 Å². The second-order valence-corrected chi connectivity index (χ2v) is 5.37. The number of fused-ring (bicyclic) bond motifs is 1. The van der Waals surface area contributed by atoms with E-state index in [1.165, 1.54) is 12.4 Å². The van der Waals surface area contributed by atoms with E-state index in [2.05, 4.69) is 29.7 Å². The Hall–Kier alpha value is -2.83. The van der Waals surface area contributed by atoms with Crippen molar-refractivity contribution in [3.8, 4) is 0 Å². The first kappa shape index (κ1) is 13.8. The summed E-state index contributed by atoms with van der Waals surface area (Å²) < 4.78 is 13.9. The molecule has 1 aromatic carbocycles. The molecular weight excluding hydrogens is 295 g/mol. The third-order valence-electron chi connectivity index (χ3n) is 4.05. The standard InChI is InChI=1S/C16H15FN6/c17-13-3-1-2-12-15(13)20-11-21-16(12)23-8-6-22(7-9-23)14-10-18-4-5-19-14/h1-5,10-11H,6-9H2. The van der Waals surface area contributed by atoms with E-state index in [1.54, 1.807) is 24.7 Å². The van der Waals surface area contributed by atoms with E-state index in [1.807, 2.05) is 6.07 Å². The van der Waals surface area contributed by atoms with Crippen LogP contribution in [0.25, 0.3) is 10.9 Å². The Kier molecular flexibility index (Phi) is 3.45. The molecule has 1 aliphatic rings. The van der Waals surface area contributed by atoms with Gasteiger partial charge in [0.2, 0.25) is 0 Å². The van der Waals surface area contributed by atoms with Crippen molar-refractivity contribution >= 4 is 22.5 Å². The minimum absolute atomic E-state index is 0.315. The Bertz CT molecular complexity index is 817. The van der Waals surface area contributed by atoms with Crippen LogP contribution in [-0.4, -0.2) is 46.1 Å². The average Bonchev–Trinajstić information content (AvgIpc) is 2.63. The Balaban J connectivity index is 1.58. The van der Waals surface area contributed by atoms with Crippen LogP contribution in [0.15, 0.2) is 43.1 Å². The van der Waals surface area contributed by atoms with Crippen molar-refractivity contribution in [2.75, 3.05) is 36.0 Å². The first-order valence-electron chi connectivity index (χ1n) is 7.48. The summed E-state index contributed by atoms with van der Waals surface area (Å²) in [5.74, 6) is 1.35. The molecule has 1 aliphatic heterocycles. The van der Waals surface area contributed by atoms with Gasteiger partial charge in [-0.1, -0.05) is 6.07 Å². The summed E-state index contributed by atoms with van der Waals surface area (Å²) in [7, 11) is 0. The Morgan fingerprint density at radius 3 is 2.52 bits per heavy atom. The third-order valence-corrected chi connectivity index (χ3v) is 4.05. The average molecular weight is 310 g/mol. The largest absolute Gasteiger partial charge is 0.352 e. The number of nitrogens with zero attached hydrogens (tertiary/aromatic N) is 6. The molecule has 0 amide bonds. The molecule has 6 nitrogen and oxygen atoms in total. The molecule has 1 fully saturated rings. The fourth-order valence-corrected chi connectivity index (χ4v) is 2.89. The summed E-state index contributed by atoms with van der Waals surface area (Å²) in [6.45, 7) is 3.22. The second kappa shape index (κ2) is 5.75. The molecule has 0 bridgehead atoms. The van der Waals surface area contributed by atoms with Gasteiger partial charge in [-0.15, -0.1) is 0 Å². The van der Waals surface area contributed by atoms with Gasteiger partial charge in [0.05, 0.1) is 6.20 Å². The number of hydrogen-bond donors (Lipinski definition) is 0. The molecule has 2 aromatic heterocycles. The fraction of sp³-hybridized carbons (Fsp3) is 0.250. The number of piperazine rings is 1. The van der Waals surface area contributed by atoms with Gasteiger partial charge in [0.15, 0.2) is 0 Å². The van der Waals surface area contributed by atoms with Crippen molar-refractivity contribution in [3.05, 3.63) is 48.9 Å². The van der Waals surface area contributed by atoms with Crippen LogP contribution in [0.5, 0.6) is 0 Å². The zero-order valence-electron chi connectivity index (χ0n) is 12.4. The van der Waals surface area contributed by atoms with Crippen molar-refractivity contribution in [1.82, 2.24) is 19.9 Å². The normalized spacial score (nSPS) is 15.2. The summed E-state index contributed by atoms with van der Waals surface area (Å²) >= 11 is 0. The van der Waals surface area contributed by atoms with E-state index < -0.39 is 0 Å². The second-order valence-electron chi connectivity index (χ2n) is 5.37. The summed E-state index contributed by atoms with van der Waals surface area (Å²) in [5, 5.41) is 0.750. The van der Waals surface area contributed by atoms with Gasteiger partial charge in [-0.05, 0) is 12.1 Å². The van der Waals surface area contributed by atoms with Crippen molar-refractivity contribution < 1.29 is 4.39 Å². The van der Waals surface area contributed by atoms with Crippen LogP contribution in [0.4, 0.5) is 16.0 Å². The van der Waals surface area contributed by atoms with Gasteiger partial charge in [0.1, 0.15) is 29.3 Å². The molecule has 7 heteroatoms. The van der Waals surface area contributed by atoms with Crippen molar-refractivity contribution in [3.63, 3.8) is 0 Å². The van der Waals surface area contributed by atoms with E-state index in [0.29, 0.717) is 5.52 Å². The number of halogens is 1. The van der Waals surface area contributed by atoms with Crippen molar-refractivity contribution in [2.45, 2.75) is 0 Å². The smallest absolute Gasteiger partial charge is 0.149 e. The summed E-state index contributed by atoms with van der Waals surface area (Å²) in [5.41, 5.74) is 0.369. The lowest BCUT2D eigenvalue weighted by Crippen LogP contribution is -2.47. The molecule has 3 heterocycles. The Morgan fingerprint density at radius 2 is 1.74 bits per heavy atom. The van der Waals surface area contributed by atoms with Crippen LogP contribution in [-0.2, 0) is 0 Å². The maximum absolute atomic E-state index is 13.9. The highest BCUT2D eigenvalue weighted by atomic mass is 19.1. The fourth-order valence-electron chi connectivity index (χ4n) is 2.89. The maximum Gasteiger partial charge on any atom is 0.149 e. The molecule has 0 spiro atoms. The van der Waals surface area contributed by atoms with Gasteiger partial charge in [-0.25, -0.2) is 19.3 Å². The predicted molar refractivity (Wildman–Crippen MR) is 86.0 cm³/mol. The van der Waals surface area contributed by atoms with Gasteiger partial charge >= 0.3 is 0 Å². The number of aromatic nitrogens is 4. The summed E-state index contributed by atoms with van der Waals surface area (Å²) in [6, 6.07) is 4.98. The zero-order valence-corrected chi connectivity index (χ0v) is 12.4. The Labute approximate surface area is 132 Å². The minimum atomic E-state index is -0.315. The van der Waals surface area contributed by atoms with Crippen LogP contribution in [0.1, 0.15) is 0 Å². The molecule has 0 N–H and O–H groups in total. The predicted octanol–water partition coefficient (Wildman–Crippen LogP) is 1.89. The SMILES string of the molecule is Fc1cccc2c(N3CCN(c4cnccn4)CC3)ncnc12. The zero-order chi connectivity index (χ0) is 15.6. The number of rotatable bonds is 2. The van der Waals surface area contributed by atoms with Crippen LogP contribution in [0.2, 0.25) is 0 Å². The monoisotopic (exact) mass is 310 g/mol. The summed E-state index contributed by atoms with van der Waals surface area (Å²) in [6.07, 6.45) is 6.56. The van der Waals surface area contributed by atoms with E-state index in [0.717, 1.165) is 43.2 Å². The van der Waals surface area contributed by atoms with Gasteiger partial charge < -0.3 is 9.80 Å². The molecule has 116 valence electrons. The van der Waals surface area contributed by atoms with Gasteiger partial charge in [-0.3, -0.25) is 4.98 Å². The maximum atomic E-state index is 13.9. The molecule has 1 saturated heterocycles. The van der Waals surface area contributed by atoms with E-state index in [9.17, 15) is 4.39 Å². The van der Waals surface area contributed by atoms with Crippen LogP contribution >= 0.6 is 0 Å². The van der Waals surface area contributed by atoms with Crippen molar-refractivity contribution in [1.29, 1.82) is 0 Å². The molecule has 4 rings (SSSR count). The molecular formula is C16H15FN6. The number of hydrogen-bond acceptors (Lipinski definition) is 6.